The lowest BCUT2D eigenvalue weighted by Gasteiger charge is -2.24. The Morgan fingerprint density at radius 2 is 2.04 bits per heavy atom. The van der Waals surface area contributed by atoms with Gasteiger partial charge in [-0.25, -0.2) is 0 Å². The average molecular weight is 684 g/mol. The van der Waals surface area contributed by atoms with E-state index in [-0.39, 0.29) is -0.565 Å². The van der Waals surface area contributed by atoms with Gasteiger partial charge in [0.1, 0.15) is -0.565 Å². The predicted molar refractivity (Wildman–Crippen MR) is 131 cm³/mol. The van der Waals surface area contributed by atoms with Crippen LogP contribution in [0.5, 0.6) is 0 Å². The van der Waals surface area contributed by atoms with Crippen molar-refractivity contribution in [2.75, 3.05) is 13.6 Å². The van der Waals surface area contributed by atoms with Gasteiger partial charge in [0.2, 0.25) is 0 Å². The number of fused-ring (bicyclic) bond motifs is 3. The minimum atomic E-state index is 0.0800. The summed E-state index contributed by atoms with van der Waals surface area (Å²) < 4.78 is 2.60. The van der Waals surface area contributed by atoms with Gasteiger partial charge in [0.25, 0.3) is 0 Å². The van der Waals surface area contributed by atoms with Gasteiger partial charge in [0.15, 0.2) is 0 Å². The Balaban J connectivity index is 1.79. The molecule has 3 aromatic rings. The molecule has 0 radical (unpaired) electrons. The molecule has 0 atom stereocenters. The number of nitrogens with zero attached hydrogens (tertiary/aromatic N) is 4. The summed E-state index contributed by atoms with van der Waals surface area (Å²) in [5.74, 6) is 0. The number of aryl methyl sites for hydroxylation is 2. The lowest BCUT2D eigenvalue weighted by atomic mass is 10.0. The van der Waals surface area contributed by atoms with Crippen LogP contribution in [0.25, 0.3) is 10.9 Å². The van der Waals surface area contributed by atoms with Crippen molar-refractivity contribution in [3.05, 3.63) is 59.3 Å². The highest BCUT2D eigenvalue weighted by atomic mass is 127. The summed E-state index contributed by atoms with van der Waals surface area (Å²) in [4.78, 5) is 11.1. The van der Waals surface area contributed by atoms with Gasteiger partial charge in [0.05, 0.1) is 5.69 Å². The number of rotatable bonds is 4. The van der Waals surface area contributed by atoms with Crippen LogP contribution < -0.4 is 0 Å². The van der Waals surface area contributed by atoms with Crippen LogP contribution in [-0.4, -0.2) is 33.0 Å². The van der Waals surface area contributed by atoms with Crippen LogP contribution in [0, 0.1) is 0 Å². The van der Waals surface area contributed by atoms with E-state index in [0.29, 0.717) is 0 Å². The SMILES string of the molecule is CN1CCc2c(c3cc(C(I)(I)I)ccc3n2CCc2cnccn2)C1. The molecule has 4 rings (SSSR count). The maximum atomic E-state index is 4.44. The van der Waals surface area contributed by atoms with Crippen molar-refractivity contribution in [3.8, 4) is 0 Å². The molecule has 0 saturated carbocycles. The van der Waals surface area contributed by atoms with E-state index >= 15 is 0 Å². The molecular weight excluding hydrogens is 665 g/mol. The van der Waals surface area contributed by atoms with E-state index in [1.807, 2.05) is 6.20 Å². The van der Waals surface area contributed by atoms with Crippen LogP contribution >= 0.6 is 67.8 Å². The molecule has 0 fully saturated rings. The minimum Gasteiger partial charge on any atom is -0.344 e. The Bertz CT molecular complexity index is 931. The maximum Gasteiger partial charge on any atom is 0.149 e. The van der Waals surface area contributed by atoms with Crippen LogP contribution in [0.3, 0.4) is 0 Å². The molecule has 0 spiro atoms. The molecule has 2 aromatic heterocycles. The van der Waals surface area contributed by atoms with Gasteiger partial charge in [-0.15, -0.1) is 0 Å². The first-order valence-electron chi connectivity index (χ1n) is 8.58. The molecule has 1 aromatic carbocycles. The Labute approximate surface area is 194 Å². The zero-order chi connectivity index (χ0) is 18.3. The third-order valence-corrected chi connectivity index (χ3v) is 6.85. The summed E-state index contributed by atoms with van der Waals surface area (Å²) >= 11 is 7.52. The van der Waals surface area contributed by atoms with E-state index in [4.69, 9.17) is 0 Å². The fourth-order valence-corrected chi connectivity index (χ4v) is 4.71. The smallest absolute Gasteiger partial charge is 0.149 e. The van der Waals surface area contributed by atoms with E-state index in [1.165, 1.54) is 27.7 Å². The monoisotopic (exact) mass is 684 g/mol. The minimum absolute atomic E-state index is 0.0800. The van der Waals surface area contributed by atoms with Crippen LogP contribution in [0.4, 0.5) is 0 Å². The summed E-state index contributed by atoms with van der Waals surface area (Å²) in [6.07, 6.45) is 7.41. The summed E-state index contributed by atoms with van der Waals surface area (Å²) in [7, 11) is 2.22. The molecule has 0 unspecified atom stereocenters. The largest absolute Gasteiger partial charge is 0.344 e. The van der Waals surface area contributed by atoms with Gasteiger partial charge in [-0.2, -0.15) is 0 Å². The summed E-state index contributed by atoms with van der Waals surface area (Å²) in [5, 5.41) is 1.41. The number of aromatic nitrogens is 3. The Hall–Kier alpha value is -0.01000. The van der Waals surface area contributed by atoms with Crippen molar-refractivity contribution in [2.45, 2.75) is 25.4 Å². The summed E-state index contributed by atoms with van der Waals surface area (Å²) in [6.45, 7) is 3.11. The summed E-state index contributed by atoms with van der Waals surface area (Å²) in [6, 6.07) is 6.99. The van der Waals surface area contributed by atoms with Crippen LogP contribution in [0.1, 0.15) is 22.5 Å². The molecule has 0 aliphatic carbocycles. The number of alkyl halides is 3. The second-order valence-electron chi connectivity index (χ2n) is 6.74. The molecule has 4 nitrogen and oxygen atoms in total. The van der Waals surface area contributed by atoms with Gasteiger partial charge in [-0.3, -0.25) is 9.97 Å². The highest BCUT2D eigenvalue weighted by Gasteiger charge is 2.26. The first-order chi connectivity index (χ1) is 12.4. The molecule has 7 heteroatoms. The number of benzene rings is 1. The number of likely N-dealkylation sites (N-methyl/N-ethyl adjacent to an activating group) is 1. The van der Waals surface area contributed by atoms with Crippen molar-refractivity contribution in [1.82, 2.24) is 19.4 Å². The van der Waals surface area contributed by atoms with Gasteiger partial charge in [-0.1, -0.05) is 6.07 Å². The Morgan fingerprint density at radius 1 is 1.19 bits per heavy atom. The van der Waals surface area contributed by atoms with Gasteiger partial charge < -0.3 is 9.47 Å². The Morgan fingerprint density at radius 3 is 2.77 bits per heavy atom. The van der Waals surface area contributed by atoms with E-state index in [2.05, 4.69) is 112 Å². The lowest BCUT2D eigenvalue weighted by molar-refractivity contribution is 0.309. The molecule has 0 saturated heterocycles. The third-order valence-electron chi connectivity index (χ3n) is 4.98. The van der Waals surface area contributed by atoms with E-state index in [1.54, 1.807) is 12.4 Å². The van der Waals surface area contributed by atoms with E-state index in [9.17, 15) is 0 Å². The number of hydrogen-bond acceptors (Lipinski definition) is 3. The summed E-state index contributed by atoms with van der Waals surface area (Å²) in [5.41, 5.74) is 6.78. The zero-order valence-electron chi connectivity index (χ0n) is 14.4. The molecule has 26 heavy (non-hydrogen) atoms. The lowest BCUT2D eigenvalue weighted by Crippen LogP contribution is -2.27. The fourth-order valence-electron chi connectivity index (χ4n) is 3.70. The topological polar surface area (TPSA) is 34.0 Å². The third kappa shape index (κ3) is 3.90. The second-order valence-corrected chi connectivity index (χ2v) is 17.8. The molecule has 3 heterocycles. The van der Waals surface area contributed by atoms with Crippen LogP contribution in [0.2, 0.25) is 0 Å². The molecule has 136 valence electrons. The van der Waals surface area contributed by atoms with Gasteiger partial charge >= 0.3 is 0 Å². The normalized spacial score (nSPS) is 15.4. The van der Waals surface area contributed by atoms with Crippen molar-refractivity contribution >= 4 is 78.7 Å². The maximum absolute atomic E-state index is 4.44. The predicted octanol–water partition coefficient (Wildman–Crippen LogP) is 5.08. The standard InChI is InChI=1S/C19H19I3N4/c1-25-8-5-18-16(12-25)15-10-13(19(20,21)22)2-3-17(15)26(18)9-4-14-11-23-6-7-24-14/h2-3,6-7,10-11H,4-5,8-9,12H2,1H3. The molecule has 0 N–H and O–H groups in total. The second kappa shape index (κ2) is 7.78. The highest BCUT2D eigenvalue weighted by molar-refractivity contribution is 14.3. The molecule has 1 aliphatic heterocycles. The van der Waals surface area contributed by atoms with Crippen molar-refractivity contribution in [1.29, 1.82) is 0 Å². The number of halogens is 3. The number of hydrogen-bond donors (Lipinski definition) is 0. The molecular formula is C19H19I3N4. The first-order valence-corrected chi connectivity index (χ1v) is 11.8. The average Bonchev–Trinajstić information content (AvgIpc) is 2.92. The highest BCUT2D eigenvalue weighted by Crippen LogP contribution is 2.47. The van der Waals surface area contributed by atoms with E-state index in [0.717, 1.165) is 38.2 Å². The van der Waals surface area contributed by atoms with Crippen LogP contribution in [-0.2, 0) is 25.4 Å². The molecule has 0 amide bonds. The van der Waals surface area contributed by atoms with E-state index < -0.39 is 0 Å². The fraction of sp³-hybridized carbons (Fsp3) is 0.368. The molecule has 1 aliphatic rings. The van der Waals surface area contributed by atoms with Crippen molar-refractivity contribution < 1.29 is 0 Å². The molecule has 0 bridgehead atoms. The quantitative estimate of drug-likeness (QED) is 0.285. The first kappa shape index (κ1) is 19.3. The Kier molecular flexibility index (Phi) is 5.78. The van der Waals surface area contributed by atoms with Crippen LogP contribution in [0.15, 0.2) is 36.8 Å². The van der Waals surface area contributed by atoms with Gasteiger partial charge in [0, 0.05) is 67.7 Å². The van der Waals surface area contributed by atoms with Gasteiger partial charge in [-0.05, 0) is 98.1 Å². The zero-order valence-corrected chi connectivity index (χ0v) is 20.9. The van der Waals surface area contributed by atoms with Crippen molar-refractivity contribution in [2.24, 2.45) is 0 Å². The van der Waals surface area contributed by atoms with Crippen molar-refractivity contribution in [3.63, 3.8) is 0 Å².